The van der Waals surface area contributed by atoms with E-state index in [4.69, 9.17) is 4.42 Å². The third kappa shape index (κ3) is 1.90. The van der Waals surface area contributed by atoms with Crippen LogP contribution in [0.5, 0.6) is 0 Å². The molecule has 0 aliphatic heterocycles. The molecule has 0 aromatic carbocycles. The van der Waals surface area contributed by atoms with Crippen LogP contribution in [0.15, 0.2) is 33.7 Å². The Morgan fingerprint density at radius 2 is 2.36 bits per heavy atom. The Morgan fingerprint density at radius 3 is 2.93 bits per heavy atom. The summed E-state index contributed by atoms with van der Waals surface area (Å²) in [6.45, 7) is 0. The van der Waals surface area contributed by atoms with E-state index >= 15 is 0 Å². The first-order valence-corrected chi connectivity index (χ1v) is 5.25. The standard InChI is InChI=1S/C10H11BrN2O/c1-13-7-12-10(11)9(13)5-4-8-3-2-6-14-8/h2-3,6-7H,4-5H2,1H3. The van der Waals surface area contributed by atoms with Crippen LogP contribution in [0.2, 0.25) is 0 Å². The number of hydrogen-bond donors (Lipinski definition) is 0. The number of furan rings is 1. The molecule has 0 bridgehead atoms. The fourth-order valence-electron chi connectivity index (χ4n) is 1.40. The molecule has 14 heavy (non-hydrogen) atoms. The average Bonchev–Trinajstić information content (AvgIpc) is 2.76. The molecule has 4 heteroatoms. The lowest BCUT2D eigenvalue weighted by atomic mass is 10.2. The Balaban J connectivity index is 2.05. The molecule has 3 nitrogen and oxygen atoms in total. The van der Waals surface area contributed by atoms with Crippen molar-refractivity contribution in [2.75, 3.05) is 0 Å². The smallest absolute Gasteiger partial charge is 0.127 e. The molecule has 0 N–H and O–H groups in total. The quantitative estimate of drug-likeness (QED) is 0.843. The second kappa shape index (κ2) is 4.00. The lowest BCUT2D eigenvalue weighted by molar-refractivity contribution is 0.506. The van der Waals surface area contributed by atoms with Gasteiger partial charge in [0.15, 0.2) is 0 Å². The van der Waals surface area contributed by atoms with E-state index in [-0.39, 0.29) is 0 Å². The summed E-state index contributed by atoms with van der Waals surface area (Å²) in [4.78, 5) is 4.17. The first-order valence-electron chi connectivity index (χ1n) is 4.45. The number of aromatic nitrogens is 2. The first kappa shape index (κ1) is 9.52. The summed E-state index contributed by atoms with van der Waals surface area (Å²) in [7, 11) is 2.00. The van der Waals surface area contributed by atoms with Crippen molar-refractivity contribution in [2.45, 2.75) is 12.8 Å². The number of nitrogens with zero attached hydrogens (tertiary/aromatic N) is 2. The lowest BCUT2D eigenvalue weighted by Gasteiger charge is -2.00. The summed E-state index contributed by atoms with van der Waals surface area (Å²) < 4.78 is 8.21. The van der Waals surface area contributed by atoms with E-state index in [0.29, 0.717) is 0 Å². The third-order valence-electron chi connectivity index (χ3n) is 2.20. The van der Waals surface area contributed by atoms with Crippen molar-refractivity contribution in [3.05, 3.63) is 40.8 Å². The molecular weight excluding hydrogens is 244 g/mol. The molecule has 0 saturated carbocycles. The molecule has 0 fully saturated rings. The van der Waals surface area contributed by atoms with Crippen LogP contribution < -0.4 is 0 Å². The van der Waals surface area contributed by atoms with Crippen molar-refractivity contribution >= 4 is 15.9 Å². The van der Waals surface area contributed by atoms with Gasteiger partial charge in [-0.2, -0.15) is 0 Å². The maximum absolute atomic E-state index is 5.27. The van der Waals surface area contributed by atoms with Crippen LogP contribution in [-0.4, -0.2) is 9.55 Å². The maximum atomic E-state index is 5.27. The highest BCUT2D eigenvalue weighted by Gasteiger charge is 2.06. The number of aryl methyl sites for hydroxylation is 2. The minimum atomic E-state index is 0.908. The van der Waals surface area contributed by atoms with Crippen LogP contribution in [0.1, 0.15) is 11.5 Å². The molecule has 2 rings (SSSR count). The molecule has 0 atom stereocenters. The fraction of sp³-hybridized carbons (Fsp3) is 0.300. The summed E-state index contributed by atoms with van der Waals surface area (Å²) in [5, 5.41) is 0. The minimum Gasteiger partial charge on any atom is -0.469 e. The molecule has 0 aliphatic rings. The fourth-order valence-corrected chi connectivity index (χ4v) is 1.97. The summed E-state index contributed by atoms with van der Waals surface area (Å²) in [6, 6.07) is 3.90. The van der Waals surface area contributed by atoms with Crippen LogP contribution in [0, 0.1) is 0 Å². The normalized spacial score (nSPS) is 10.7. The highest BCUT2D eigenvalue weighted by atomic mass is 79.9. The van der Waals surface area contributed by atoms with E-state index in [1.165, 1.54) is 5.69 Å². The van der Waals surface area contributed by atoms with Crippen LogP contribution in [0.25, 0.3) is 0 Å². The van der Waals surface area contributed by atoms with Crippen molar-refractivity contribution in [1.29, 1.82) is 0 Å². The van der Waals surface area contributed by atoms with Crippen LogP contribution in [-0.2, 0) is 19.9 Å². The second-order valence-electron chi connectivity index (χ2n) is 3.17. The predicted molar refractivity (Wildman–Crippen MR) is 57.0 cm³/mol. The molecule has 0 unspecified atom stereocenters. The van der Waals surface area contributed by atoms with Gasteiger partial charge in [0.1, 0.15) is 10.4 Å². The second-order valence-corrected chi connectivity index (χ2v) is 3.92. The van der Waals surface area contributed by atoms with Gasteiger partial charge < -0.3 is 8.98 Å². The van der Waals surface area contributed by atoms with Gasteiger partial charge in [0.2, 0.25) is 0 Å². The Bertz CT molecular complexity index is 386. The molecule has 2 aromatic heterocycles. The SMILES string of the molecule is Cn1cnc(Br)c1CCc1ccco1. The zero-order valence-corrected chi connectivity index (χ0v) is 9.49. The van der Waals surface area contributed by atoms with Gasteiger partial charge in [0.25, 0.3) is 0 Å². The molecule has 2 heterocycles. The zero-order valence-electron chi connectivity index (χ0n) is 7.90. The molecule has 0 aliphatic carbocycles. The molecule has 0 saturated heterocycles. The summed E-state index contributed by atoms with van der Waals surface area (Å²) in [6.07, 6.45) is 5.35. The van der Waals surface area contributed by atoms with Crippen molar-refractivity contribution in [3.63, 3.8) is 0 Å². The summed E-state index contributed by atoms with van der Waals surface area (Å²) in [5.74, 6) is 1.01. The van der Waals surface area contributed by atoms with Gasteiger partial charge in [-0.05, 0) is 34.5 Å². The van der Waals surface area contributed by atoms with Crippen molar-refractivity contribution in [3.8, 4) is 0 Å². The van der Waals surface area contributed by atoms with Gasteiger partial charge in [-0.15, -0.1) is 0 Å². The van der Waals surface area contributed by atoms with Gasteiger partial charge in [-0.25, -0.2) is 4.98 Å². The van der Waals surface area contributed by atoms with E-state index in [0.717, 1.165) is 23.2 Å². The minimum absolute atomic E-state index is 0.908. The Morgan fingerprint density at radius 1 is 1.50 bits per heavy atom. The number of halogens is 1. The first-order chi connectivity index (χ1) is 6.77. The Hall–Kier alpha value is -1.03. The largest absolute Gasteiger partial charge is 0.469 e. The van der Waals surface area contributed by atoms with Gasteiger partial charge >= 0.3 is 0 Å². The van der Waals surface area contributed by atoms with Gasteiger partial charge in [0, 0.05) is 13.5 Å². The molecule has 0 amide bonds. The highest BCUT2D eigenvalue weighted by Crippen LogP contribution is 2.16. The highest BCUT2D eigenvalue weighted by molar-refractivity contribution is 9.10. The number of imidazole rings is 1. The maximum Gasteiger partial charge on any atom is 0.127 e. The van der Waals surface area contributed by atoms with E-state index in [2.05, 4.69) is 20.9 Å². The molecule has 0 radical (unpaired) electrons. The summed E-state index contributed by atoms with van der Waals surface area (Å²) >= 11 is 3.42. The van der Waals surface area contributed by atoms with Crippen molar-refractivity contribution in [2.24, 2.45) is 7.05 Å². The molecular formula is C10H11BrN2O. The predicted octanol–water partition coefficient (Wildman–Crippen LogP) is 2.56. The number of hydrogen-bond acceptors (Lipinski definition) is 2. The number of rotatable bonds is 3. The van der Waals surface area contributed by atoms with Gasteiger partial charge in [0.05, 0.1) is 18.3 Å². The van der Waals surface area contributed by atoms with Crippen molar-refractivity contribution in [1.82, 2.24) is 9.55 Å². The molecule has 2 aromatic rings. The third-order valence-corrected chi connectivity index (χ3v) is 2.86. The van der Waals surface area contributed by atoms with Gasteiger partial charge in [-0.1, -0.05) is 0 Å². The monoisotopic (exact) mass is 254 g/mol. The van der Waals surface area contributed by atoms with Gasteiger partial charge in [-0.3, -0.25) is 0 Å². The van der Waals surface area contributed by atoms with Crippen LogP contribution in [0.3, 0.4) is 0 Å². The molecule has 0 spiro atoms. The summed E-state index contributed by atoms with van der Waals surface area (Å²) in [5.41, 5.74) is 1.20. The topological polar surface area (TPSA) is 31.0 Å². The zero-order chi connectivity index (χ0) is 9.97. The lowest BCUT2D eigenvalue weighted by Crippen LogP contribution is -1.98. The van der Waals surface area contributed by atoms with Crippen LogP contribution in [0.4, 0.5) is 0 Å². The van der Waals surface area contributed by atoms with E-state index in [1.54, 1.807) is 6.26 Å². The molecule has 74 valence electrons. The Labute approximate surface area is 90.9 Å². The van der Waals surface area contributed by atoms with E-state index < -0.39 is 0 Å². The Kier molecular flexibility index (Phi) is 2.72. The van der Waals surface area contributed by atoms with Crippen LogP contribution >= 0.6 is 15.9 Å². The van der Waals surface area contributed by atoms with Crippen molar-refractivity contribution < 1.29 is 4.42 Å². The van der Waals surface area contributed by atoms with E-state index in [1.807, 2.05) is 30.1 Å². The van der Waals surface area contributed by atoms with E-state index in [9.17, 15) is 0 Å². The average molecular weight is 255 g/mol.